The lowest BCUT2D eigenvalue weighted by Crippen LogP contribution is -2.41. The van der Waals surface area contributed by atoms with E-state index in [9.17, 15) is 9.59 Å². The molecule has 2 rings (SSSR count). The highest BCUT2D eigenvalue weighted by molar-refractivity contribution is 5.99. The smallest absolute Gasteiger partial charge is 0.237 e. The van der Waals surface area contributed by atoms with Crippen LogP contribution in [0.1, 0.15) is 49.5 Å². The van der Waals surface area contributed by atoms with Crippen LogP contribution in [0.5, 0.6) is 0 Å². The Hall–Kier alpha value is -1.72. The Morgan fingerprint density at radius 2 is 1.85 bits per heavy atom. The third-order valence-corrected chi connectivity index (χ3v) is 4.93. The van der Waals surface area contributed by atoms with Crippen LogP contribution in [0.2, 0.25) is 0 Å². The van der Waals surface area contributed by atoms with Gasteiger partial charge in [-0.25, -0.2) is 0 Å². The van der Waals surface area contributed by atoms with Crippen LogP contribution in [0.15, 0.2) is 24.3 Å². The lowest BCUT2D eigenvalue weighted by Gasteiger charge is -2.19. The maximum atomic E-state index is 12.7. The number of hydrogen-bond donors (Lipinski definition) is 2. The molecule has 0 saturated carbocycles. The number of amides is 1. The summed E-state index contributed by atoms with van der Waals surface area (Å²) >= 11 is 0. The van der Waals surface area contributed by atoms with Gasteiger partial charge in [0.1, 0.15) is 0 Å². The van der Waals surface area contributed by atoms with Crippen LogP contribution in [0.25, 0.3) is 0 Å². The molecule has 2 atom stereocenters. The monoisotopic (exact) mass is 359 g/mol. The maximum Gasteiger partial charge on any atom is 0.237 e. The van der Waals surface area contributed by atoms with Gasteiger partial charge in [0.15, 0.2) is 5.78 Å². The molecular weight excluding hydrogens is 326 g/mol. The van der Waals surface area contributed by atoms with E-state index in [1.54, 1.807) is 0 Å². The quantitative estimate of drug-likeness (QED) is 0.579. The zero-order valence-electron chi connectivity index (χ0n) is 16.8. The van der Waals surface area contributed by atoms with Crippen molar-refractivity contribution in [2.75, 3.05) is 33.7 Å². The molecule has 0 spiro atoms. The van der Waals surface area contributed by atoms with E-state index in [0.717, 1.165) is 18.5 Å². The molecule has 1 fully saturated rings. The first kappa shape index (κ1) is 20.6. The van der Waals surface area contributed by atoms with Crippen LogP contribution in [0.3, 0.4) is 0 Å². The predicted molar refractivity (Wildman–Crippen MR) is 106 cm³/mol. The molecule has 5 heteroatoms. The Morgan fingerprint density at radius 3 is 2.42 bits per heavy atom. The predicted octanol–water partition coefficient (Wildman–Crippen LogP) is 2.21. The molecular formula is C21H33N3O2. The first-order valence-corrected chi connectivity index (χ1v) is 9.49. The topological polar surface area (TPSA) is 61.4 Å². The number of nitrogens with one attached hydrogen (secondary N) is 2. The van der Waals surface area contributed by atoms with Gasteiger partial charge in [-0.3, -0.25) is 9.59 Å². The minimum Gasteiger partial charge on any atom is -0.355 e. The summed E-state index contributed by atoms with van der Waals surface area (Å²) in [4.78, 5) is 27.1. The zero-order valence-corrected chi connectivity index (χ0v) is 16.8. The molecule has 1 aliphatic rings. The van der Waals surface area contributed by atoms with E-state index >= 15 is 0 Å². The van der Waals surface area contributed by atoms with Gasteiger partial charge in [0.25, 0.3) is 0 Å². The third-order valence-electron chi connectivity index (χ3n) is 4.93. The number of rotatable bonds is 7. The molecule has 1 aromatic carbocycles. The van der Waals surface area contributed by atoms with E-state index in [-0.39, 0.29) is 29.1 Å². The SMILES string of the molecule is CN(C)CCCNC(=O)C1CC(C(=O)c2ccc(C(C)(C)C)cc2)CN1. The molecule has 5 nitrogen and oxygen atoms in total. The molecule has 2 N–H and O–H groups in total. The van der Waals surface area contributed by atoms with Crippen molar-refractivity contribution in [2.24, 2.45) is 5.92 Å². The molecule has 144 valence electrons. The van der Waals surface area contributed by atoms with Crippen LogP contribution in [-0.4, -0.2) is 56.4 Å². The van der Waals surface area contributed by atoms with Gasteiger partial charge in [-0.2, -0.15) is 0 Å². The van der Waals surface area contributed by atoms with Gasteiger partial charge in [0.05, 0.1) is 6.04 Å². The van der Waals surface area contributed by atoms with Crippen molar-refractivity contribution >= 4 is 11.7 Å². The summed E-state index contributed by atoms with van der Waals surface area (Å²) in [5.41, 5.74) is 2.03. The van der Waals surface area contributed by atoms with E-state index in [1.807, 2.05) is 38.4 Å². The summed E-state index contributed by atoms with van der Waals surface area (Å²) in [6.07, 6.45) is 1.49. The Morgan fingerprint density at radius 1 is 1.19 bits per heavy atom. The van der Waals surface area contributed by atoms with Crippen LogP contribution in [0.4, 0.5) is 0 Å². The Bertz CT molecular complexity index is 617. The van der Waals surface area contributed by atoms with E-state index in [1.165, 1.54) is 5.56 Å². The normalized spacial score (nSPS) is 20.4. The summed E-state index contributed by atoms with van der Waals surface area (Å²) < 4.78 is 0. The van der Waals surface area contributed by atoms with Crippen molar-refractivity contribution < 1.29 is 9.59 Å². The average Bonchev–Trinajstić information content (AvgIpc) is 3.07. The fraction of sp³-hybridized carbons (Fsp3) is 0.619. The average molecular weight is 360 g/mol. The summed E-state index contributed by atoms with van der Waals surface area (Å²) in [7, 11) is 4.04. The zero-order chi connectivity index (χ0) is 19.3. The van der Waals surface area contributed by atoms with Crippen LogP contribution in [0, 0.1) is 5.92 Å². The Kier molecular flexibility index (Phi) is 6.95. The van der Waals surface area contributed by atoms with Crippen molar-refractivity contribution in [3.05, 3.63) is 35.4 Å². The number of Topliss-reactive ketones (excluding diaryl/α,β-unsaturated/α-hetero) is 1. The van der Waals surface area contributed by atoms with Gasteiger partial charge in [-0.15, -0.1) is 0 Å². The molecule has 2 unspecified atom stereocenters. The van der Waals surface area contributed by atoms with E-state index < -0.39 is 0 Å². The standard InChI is InChI=1S/C21H33N3O2/c1-21(2,3)17-9-7-15(8-10-17)19(25)16-13-18(23-14-16)20(26)22-11-6-12-24(4)5/h7-10,16,18,23H,6,11-14H2,1-5H3,(H,22,26). The summed E-state index contributed by atoms with van der Waals surface area (Å²) in [6.45, 7) is 8.66. The molecule has 0 bridgehead atoms. The lowest BCUT2D eigenvalue weighted by atomic mass is 9.85. The van der Waals surface area contributed by atoms with Gasteiger partial charge in [0.2, 0.25) is 5.91 Å². The van der Waals surface area contributed by atoms with Crippen LogP contribution < -0.4 is 10.6 Å². The maximum absolute atomic E-state index is 12.7. The highest BCUT2D eigenvalue weighted by atomic mass is 16.2. The van der Waals surface area contributed by atoms with Gasteiger partial charge in [-0.1, -0.05) is 45.0 Å². The molecule has 1 amide bonds. The lowest BCUT2D eigenvalue weighted by molar-refractivity contribution is -0.122. The molecule has 1 saturated heterocycles. The van der Waals surface area contributed by atoms with Gasteiger partial charge in [-0.05, 0) is 44.5 Å². The molecule has 26 heavy (non-hydrogen) atoms. The number of benzene rings is 1. The fourth-order valence-electron chi connectivity index (χ4n) is 3.24. The highest BCUT2D eigenvalue weighted by Gasteiger charge is 2.33. The van der Waals surface area contributed by atoms with Gasteiger partial charge < -0.3 is 15.5 Å². The van der Waals surface area contributed by atoms with Gasteiger partial charge >= 0.3 is 0 Å². The van der Waals surface area contributed by atoms with Crippen LogP contribution >= 0.6 is 0 Å². The summed E-state index contributed by atoms with van der Waals surface area (Å²) in [5.74, 6) is -0.00369. The molecule has 0 aromatic heterocycles. The van der Waals surface area contributed by atoms with E-state index in [0.29, 0.717) is 19.5 Å². The molecule has 0 radical (unpaired) electrons. The number of carbonyl (C=O) groups is 2. The third kappa shape index (κ3) is 5.64. The minimum atomic E-state index is -0.267. The van der Waals surface area contributed by atoms with Crippen molar-refractivity contribution in [1.82, 2.24) is 15.5 Å². The van der Waals surface area contributed by atoms with Crippen molar-refractivity contribution in [1.29, 1.82) is 0 Å². The first-order valence-electron chi connectivity index (χ1n) is 9.49. The van der Waals surface area contributed by atoms with Crippen molar-refractivity contribution in [3.8, 4) is 0 Å². The second-order valence-corrected chi connectivity index (χ2v) is 8.53. The van der Waals surface area contributed by atoms with Crippen LogP contribution in [-0.2, 0) is 10.2 Å². The van der Waals surface area contributed by atoms with E-state index in [4.69, 9.17) is 0 Å². The summed E-state index contributed by atoms with van der Waals surface area (Å²) in [6, 6.07) is 7.63. The highest BCUT2D eigenvalue weighted by Crippen LogP contribution is 2.24. The fourth-order valence-corrected chi connectivity index (χ4v) is 3.24. The molecule has 1 heterocycles. The number of carbonyl (C=O) groups excluding carboxylic acids is 2. The number of nitrogens with zero attached hydrogens (tertiary/aromatic N) is 1. The molecule has 1 aliphatic heterocycles. The first-order chi connectivity index (χ1) is 12.2. The summed E-state index contributed by atoms with van der Waals surface area (Å²) in [5, 5.41) is 6.16. The Labute approximate surface area is 157 Å². The Balaban J connectivity index is 1.85. The number of ketones is 1. The van der Waals surface area contributed by atoms with E-state index in [2.05, 4.69) is 36.3 Å². The minimum absolute atomic E-state index is 0.00198. The number of hydrogen-bond acceptors (Lipinski definition) is 4. The van der Waals surface area contributed by atoms with Gasteiger partial charge in [0, 0.05) is 24.6 Å². The second-order valence-electron chi connectivity index (χ2n) is 8.53. The second kappa shape index (κ2) is 8.78. The van der Waals surface area contributed by atoms with Crippen molar-refractivity contribution in [3.63, 3.8) is 0 Å². The molecule has 1 aromatic rings. The molecule has 0 aliphatic carbocycles. The van der Waals surface area contributed by atoms with Crippen molar-refractivity contribution in [2.45, 2.75) is 45.1 Å². The largest absolute Gasteiger partial charge is 0.355 e.